The molecule has 0 aromatic rings. The zero-order chi connectivity index (χ0) is 19.1. The average molecular weight is 366 g/mol. The van der Waals surface area contributed by atoms with Gasteiger partial charge in [-0.25, -0.2) is 0 Å². The number of rotatable bonds is 9. The van der Waals surface area contributed by atoms with Gasteiger partial charge in [0.05, 0.1) is 12.7 Å². The predicted octanol–water partition coefficient (Wildman–Crippen LogP) is 6.25. The summed E-state index contributed by atoms with van der Waals surface area (Å²) >= 11 is 0. The molecule has 0 N–H and O–H groups in total. The van der Waals surface area contributed by atoms with Gasteiger partial charge in [0.25, 0.3) is 0 Å². The minimum atomic E-state index is 0.473. The highest BCUT2D eigenvalue weighted by molar-refractivity contribution is 4.81. The highest BCUT2D eigenvalue weighted by atomic mass is 16.5. The monoisotopic (exact) mass is 365 g/mol. The molecule has 1 aliphatic carbocycles. The number of ether oxygens (including phenoxy) is 1. The van der Waals surface area contributed by atoms with Gasteiger partial charge in [-0.2, -0.15) is 0 Å². The van der Waals surface area contributed by atoms with E-state index in [1.807, 2.05) is 0 Å². The molecule has 2 aliphatic rings. The summed E-state index contributed by atoms with van der Waals surface area (Å²) in [6.07, 6.45) is 10.4. The van der Waals surface area contributed by atoms with Gasteiger partial charge in [-0.05, 0) is 67.7 Å². The van der Waals surface area contributed by atoms with E-state index in [-0.39, 0.29) is 0 Å². The quantitative estimate of drug-likeness (QED) is 0.479. The maximum absolute atomic E-state index is 6.16. The molecule has 2 heteroatoms. The standard InChI is InChI=1S/C24H47NO/c1-18(2)10-11-25-12-13-26-24(17-25)15-21(6)23-9-7-8-22(16-23)14-20(5)19(3)4/h18-24H,7-17H2,1-6H3. The van der Waals surface area contributed by atoms with Crippen molar-refractivity contribution >= 4 is 0 Å². The highest BCUT2D eigenvalue weighted by Gasteiger charge is 2.30. The summed E-state index contributed by atoms with van der Waals surface area (Å²) in [6, 6.07) is 0. The van der Waals surface area contributed by atoms with Crippen molar-refractivity contribution in [3.05, 3.63) is 0 Å². The Hall–Kier alpha value is -0.0800. The largest absolute Gasteiger partial charge is 0.376 e. The average Bonchev–Trinajstić information content (AvgIpc) is 2.60. The molecule has 0 aromatic heterocycles. The van der Waals surface area contributed by atoms with E-state index in [4.69, 9.17) is 4.74 Å². The Bertz CT molecular complexity index is 380. The van der Waals surface area contributed by atoms with Gasteiger partial charge < -0.3 is 4.74 Å². The lowest BCUT2D eigenvalue weighted by molar-refractivity contribution is -0.0445. The number of nitrogens with zero attached hydrogens (tertiary/aromatic N) is 1. The molecule has 5 unspecified atom stereocenters. The van der Waals surface area contributed by atoms with E-state index in [1.165, 1.54) is 51.5 Å². The third-order valence-electron chi connectivity index (χ3n) is 7.35. The second kappa shape index (κ2) is 11.1. The molecule has 2 nitrogen and oxygen atoms in total. The summed E-state index contributed by atoms with van der Waals surface area (Å²) in [5.74, 6) is 5.25. The van der Waals surface area contributed by atoms with Crippen molar-refractivity contribution in [1.29, 1.82) is 0 Å². The van der Waals surface area contributed by atoms with Crippen molar-refractivity contribution in [1.82, 2.24) is 4.90 Å². The fraction of sp³-hybridized carbons (Fsp3) is 1.00. The topological polar surface area (TPSA) is 12.5 Å². The van der Waals surface area contributed by atoms with E-state index in [0.29, 0.717) is 6.10 Å². The van der Waals surface area contributed by atoms with Crippen molar-refractivity contribution in [2.24, 2.45) is 35.5 Å². The third kappa shape index (κ3) is 7.50. The summed E-state index contributed by atoms with van der Waals surface area (Å²) in [5, 5.41) is 0. The van der Waals surface area contributed by atoms with E-state index >= 15 is 0 Å². The van der Waals surface area contributed by atoms with Crippen LogP contribution >= 0.6 is 0 Å². The Morgan fingerprint density at radius 1 is 1.00 bits per heavy atom. The molecule has 1 aliphatic heterocycles. The summed E-state index contributed by atoms with van der Waals surface area (Å²) in [5.41, 5.74) is 0. The summed E-state index contributed by atoms with van der Waals surface area (Å²) in [7, 11) is 0. The molecule has 0 radical (unpaired) electrons. The van der Waals surface area contributed by atoms with Crippen molar-refractivity contribution in [2.75, 3.05) is 26.2 Å². The number of hydrogen-bond donors (Lipinski definition) is 0. The molecule has 5 atom stereocenters. The van der Waals surface area contributed by atoms with Crippen molar-refractivity contribution in [3.63, 3.8) is 0 Å². The van der Waals surface area contributed by atoms with Crippen molar-refractivity contribution < 1.29 is 4.74 Å². The first kappa shape index (κ1) is 22.2. The van der Waals surface area contributed by atoms with Crippen LogP contribution in [0, 0.1) is 35.5 Å². The van der Waals surface area contributed by atoms with Gasteiger partial charge in [-0.1, -0.05) is 60.8 Å². The van der Waals surface area contributed by atoms with Gasteiger partial charge in [0.15, 0.2) is 0 Å². The van der Waals surface area contributed by atoms with Gasteiger partial charge in [0.1, 0.15) is 0 Å². The lowest BCUT2D eigenvalue weighted by Crippen LogP contribution is -2.44. The second-order valence-electron chi connectivity index (χ2n) is 10.4. The fourth-order valence-corrected chi connectivity index (χ4v) is 5.04. The van der Waals surface area contributed by atoms with Gasteiger partial charge in [0, 0.05) is 13.1 Å². The predicted molar refractivity (Wildman–Crippen MR) is 113 cm³/mol. The Labute approximate surface area is 164 Å². The van der Waals surface area contributed by atoms with Crippen LogP contribution in [0.4, 0.5) is 0 Å². The highest BCUT2D eigenvalue weighted by Crippen LogP contribution is 2.39. The van der Waals surface area contributed by atoms with E-state index in [9.17, 15) is 0 Å². The molecule has 26 heavy (non-hydrogen) atoms. The zero-order valence-electron chi connectivity index (χ0n) is 18.7. The smallest absolute Gasteiger partial charge is 0.0705 e. The molecular formula is C24H47NO. The first-order valence-electron chi connectivity index (χ1n) is 11.7. The molecule has 1 heterocycles. The van der Waals surface area contributed by atoms with Gasteiger partial charge >= 0.3 is 0 Å². The Morgan fingerprint density at radius 2 is 1.77 bits per heavy atom. The van der Waals surface area contributed by atoms with E-state index in [0.717, 1.165) is 55.2 Å². The van der Waals surface area contributed by atoms with Crippen LogP contribution in [-0.4, -0.2) is 37.2 Å². The Morgan fingerprint density at radius 3 is 2.46 bits per heavy atom. The van der Waals surface area contributed by atoms with Gasteiger partial charge in [-0.3, -0.25) is 4.90 Å². The molecule has 2 rings (SSSR count). The van der Waals surface area contributed by atoms with Crippen LogP contribution in [0.2, 0.25) is 0 Å². The molecule has 1 saturated heterocycles. The molecule has 0 bridgehead atoms. The number of hydrogen-bond acceptors (Lipinski definition) is 2. The zero-order valence-corrected chi connectivity index (χ0v) is 18.7. The molecule has 0 spiro atoms. The van der Waals surface area contributed by atoms with Crippen molar-refractivity contribution in [3.8, 4) is 0 Å². The fourth-order valence-electron chi connectivity index (χ4n) is 5.04. The van der Waals surface area contributed by atoms with E-state index in [1.54, 1.807) is 0 Å². The third-order valence-corrected chi connectivity index (χ3v) is 7.35. The molecule has 0 aromatic carbocycles. The minimum absolute atomic E-state index is 0.473. The molecule has 2 fully saturated rings. The Balaban J connectivity index is 1.76. The lowest BCUT2D eigenvalue weighted by Gasteiger charge is -2.38. The minimum Gasteiger partial charge on any atom is -0.376 e. The maximum Gasteiger partial charge on any atom is 0.0705 e. The summed E-state index contributed by atoms with van der Waals surface area (Å²) in [4.78, 5) is 2.65. The van der Waals surface area contributed by atoms with Crippen LogP contribution < -0.4 is 0 Å². The van der Waals surface area contributed by atoms with Crippen LogP contribution in [0.15, 0.2) is 0 Å². The van der Waals surface area contributed by atoms with Crippen LogP contribution in [0.5, 0.6) is 0 Å². The van der Waals surface area contributed by atoms with Gasteiger partial charge in [-0.15, -0.1) is 0 Å². The number of morpholine rings is 1. The van der Waals surface area contributed by atoms with Crippen LogP contribution in [-0.2, 0) is 4.74 Å². The van der Waals surface area contributed by atoms with Crippen molar-refractivity contribution in [2.45, 2.75) is 92.6 Å². The van der Waals surface area contributed by atoms with Gasteiger partial charge in [0.2, 0.25) is 0 Å². The first-order chi connectivity index (χ1) is 12.3. The van der Waals surface area contributed by atoms with Crippen LogP contribution in [0.25, 0.3) is 0 Å². The van der Waals surface area contributed by atoms with E-state index in [2.05, 4.69) is 46.4 Å². The summed E-state index contributed by atoms with van der Waals surface area (Å²) in [6.45, 7) is 18.9. The molecular weight excluding hydrogens is 318 g/mol. The van der Waals surface area contributed by atoms with E-state index < -0.39 is 0 Å². The SMILES string of the molecule is CC(C)CCN1CCOC(CC(C)C2CCCC(CC(C)C(C)C)C2)C1. The maximum atomic E-state index is 6.16. The van der Waals surface area contributed by atoms with Crippen LogP contribution in [0.3, 0.4) is 0 Å². The molecule has 0 amide bonds. The molecule has 1 saturated carbocycles. The van der Waals surface area contributed by atoms with Crippen LogP contribution in [0.1, 0.15) is 86.5 Å². The Kier molecular flexibility index (Phi) is 9.44. The normalized spacial score (nSPS) is 30.7. The second-order valence-corrected chi connectivity index (χ2v) is 10.4. The summed E-state index contributed by atoms with van der Waals surface area (Å²) < 4.78 is 6.16. The lowest BCUT2D eigenvalue weighted by atomic mass is 9.71. The first-order valence-corrected chi connectivity index (χ1v) is 11.7. The molecule has 154 valence electrons.